The summed E-state index contributed by atoms with van der Waals surface area (Å²) in [5.41, 5.74) is 1.22. The highest BCUT2D eigenvalue weighted by Gasteiger charge is 2.25. The number of benzene rings is 1. The summed E-state index contributed by atoms with van der Waals surface area (Å²) in [6, 6.07) is 8.22. The summed E-state index contributed by atoms with van der Waals surface area (Å²) >= 11 is 1.68. The van der Waals surface area contributed by atoms with Crippen LogP contribution in [-0.2, 0) is 4.79 Å². The fourth-order valence-corrected chi connectivity index (χ4v) is 3.46. The Morgan fingerprint density at radius 2 is 2.22 bits per heavy atom. The van der Waals surface area contributed by atoms with E-state index in [9.17, 15) is 9.59 Å². The molecule has 2 aliphatic rings. The Labute approximate surface area is 164 Å². The molecule has 6 nitrogen and oxygen atoms in total. The first-order valence-corrected chi connectivity index (χ1v) is 10.4. The minimum atomic E-state index is -0.308. The van der Waals surface area contributed by atoms with Gasteiger partial charge in [0.05, 0.1) is 6.61 Å². The van der Waals surface area contributed by atoms with Crippen molar-refractivity contribution in [3.05, 3.63) is 42.0 Å². The van der Waals surface area contributed by atoms with Crippen molar-refractivity contribution in [3.63, 3.8) is 0 Å². The predicted octanol–water partition coefficient (Wildman–Crippen LogP) is 3.27. The molecule has 0 radical (unpaired) electrons. The summed E-state index contributed by atoms with van der Waals surface area (Å²) in [5.74, 6) is 2.41. The van der Waals surface area contributed by atoms with Crippen molar-refractivity contribution >= 4 is 23.9 Å². The highest BCUT2D eigenvalue weighted by molar-refractivity contribution is 7.97. The topological polar surface area (TPSA) is 70.7 Å². The zero-order valence-corrected chi connectivity index (χ0v) is 16.5. The number of ether oxygens (including phenoxy) is 1. The van der Waals surface area contributed by atoms with Crippen LogP contribution in [0.3, 0.4) is 0 Å². The second kappa shape index (κ2) is 9.80. The lowest BCUT2D eigenvalue weighted by Gasteiger charge is -2.15. The third-order valence-corrected chi connectivity index (χ3v) is 5.51. The lowest BCUT2D eigenvalue weighted by atomic mass is 10.1. The Morgan fingerprint density at radius 3 is 2.96 bits per heavy atom. The van der Waals surface area contributed by atoms with Crippen LogP contribution in [-0.4, -0.2) is 42.3 Å². The van der Waals surface area contributed by atoms with E-state index in [1.807, 2.05) is 24.3 Å². The number of imide groups is 1. The first kappa shape index (κ1) is 19.8. The number of hydrogen-bond acceptors (Lipinski definition) is 5. The Morgan fingerprint density at radius 1 is 1.37 bits per heavy atom. The molecule has 7 heteroatoms. The lowest BCUT2D eigenvalue weighted by molar-refractivity contribution is -0.118. The Balaban J connectivity index is 1.30. The van der Waals surface area contributed by atoms with Crippen molar-refractivity contribution in [3.8, 4) is 5.75 Å². The van der Waals surface area contributed by atoms with E-state index in [0.29, 0.717) is 6.54 Å². The Bertz CT molecular complexity index is 691. The van der Waals surface area contributed by atoms with Crippen LogP contribution in [0.2, 0.25) is 0 Å². The van der Waals surface area contributed by atoms with Crippen LogP contribution in [0.15, 0.2) is 36.4 Å². The zero-order chi connectivity index (χ0) is 19.1. The quantitative estimate of drug-likeness (QED) is 0.263. The summed E-state index contributed by atoms with van der Waals surface area (Å²) in [6.45, 7) is 3.60. The fraction of sp³-hybridized carbons (Fsp3) is 0.500. The summed E-state index contributed by atoms with van der Waals surface area (Å²) in [4.78, 5) is 24.0. The molecule has 0 aromatic heterocycles. The number of urea groups is 1. The number of hydrogen-bond donors (Lipinski definition) is 2. The van der Waals surface area contributed by atoms with Crippen molar-refractivity contribution in [1.29, 1.82) is 0 Å². The van der Waals surface area contributed by atoms with Crippen LogP contribution in [0.1, 0.15) is 37.8 Å². The van der Waals surface area contributed by atoms with E-state index in [-0.39, 0.29) is 24.5 Å². The minimum absolute atomic E-state index is 0.153. The molecule has 3 amide bonds. The SMILES string of the molecule is CC(NSCC/C=C/CN1CC(=O)NC1=O)c1cccc(OCC2CC2)c1. The average molecular weight is 390 g/mol. The second-order valence-corrected chi connectivity index (χ2v) is 7.94. The largest absolute Gasteiger partial charge is 0.493 e. The van der Waals surface area contributed by atoms with Crippen LogP contribution in [0.4, 0.5) is 4.79 Å². The van der Waals surface area contributed by atoms with Gasteiger partial charge < -0.3 is 9.64 Å². The van der Waals surface area contributed by atoms with Crippen LogP contribution in [0.5, 0.6) is 5.75 Å². The van der Waals surface area contributed by atoms with Gasteiger partial charge in [-0.1, -0.05) is 36.2 Å². The smallest absolute Gasteiger partial charge is 0.324 e. The van der Waals surface area contributed by atoms with Gasteiger partial charge in [0.2, 0.25) is 5.91 Å². The molecule has 1 saturated carbocycles. The monoisotopic (exact) mass is 389 g/mol. The van der Waals surface area contributed by atoms with E-state index in [1.54, 1.807) is 11.9 Å². The van der Waals surface area contributed by atoms with Gasteiger partial charge in [-0.2, -0.15) is 0 Å². The predicted molar refractivity (Wildman–Crippen MR) is 108 cm³/mol. The van der Waals surface area contributed by atoms with Crippen LogP contribution in [0.25, 0.3) is 0 Å². The van der Waals surface area contributed by atoms with E-state index in [4.69, 9.17) is 4.74 Å². The van der Waals surface area contributed by atoms with Gasteiger partial charge in [-0.3, -0.25) is 14.8 Å². The molecule has 1 aliphatic heterocycles. The molecular formula is C20H27N3O3S. The number of nitrogens with zero attached hydrogens (tertiary/aromatic N) is 1. The maximum Gasteiger partial charge on any atom is 0.324 e. The lowest BCUT2D eigenvalue weighted by Crippen LogP contribution is -2.28. The van der Waals surface area contributed by atoms with Crippen molar-refractivity contribution in [2.75, 3.05) is 25.4 Å². The highest BCUT2D eigenvalue weighted by Crippen LogP contribution is 2.30. The number of amides is 3. The highest BCUT2D eigenvalue weighted by atomic mass is 32.2. The maximum absolute atomic E-state index is 11.4. The van der Waals surface area contributed by atoms with Crippen LogP contribution >= 0.6 is 11.9 Å². The Kier molecular flexibility index (Phi) is 7.18. The van der Waals surface area contributed by atoms with Gasteiger partial charge in [-0.25, -0.2) is 4.79 Å². The molecular weight excluding hydrogens is 362 g/mol. The third kappa shape index (κ3) is 6.59. The van der Waals surface area contributed by atoms with Crippen LogP contribution < -0.4 is 14.8 Å². The van der Waals surface area contributed by atoms with Gasteiger partial charge in [0.1, 0.15) is 12.3 Å². The zero-order valence-electron chi connectivity index (χ0n) is 15.6. The van der Waals surface area contributed by atoms with Gasteiger partial charge in [-0.05, 0) is 49.8 Å². The number of allylic oxidation sites excluding steroid dienone is 1. The van der Waals surface area contributed by atoms with E-state index in [0.717, 1.165) is 30.4 Å². The molecule has 1 aliphatic carbocycles. The number of rotatable bonds is 11. The molecule has 1 aromatic rings. The number of nitrogens with one attached hydrogen (secondary N) is 2. The van der Waals surface area contributed by atoms with E-state index in [1.165, 1.54) is 23.3 Å². The van der Waals surface area contributed by atoms with Gasteiger partial charge in [0.15, 0.2) is 0 Å². The van der Waals surface area contributed by atoms with Crippen molar-refractivity contribution < 1.29 is 14.3 Å². The molecule has 2 fully saturated rings. The molecule has 27 heavy (non-hydrogen) atoms. The van der Waals surface area contributed by atoms with E-state index >= 15 is 0 Å². The van der Waals surface area contributed by atoms with E-state index < -0.39 is 0 Å². The van der Waals surface area contributed by atoms with Crippen molar-refractivity contribution in [2.45, 2.75) is 32.2 Å². The molecule has 146 valence electrons. The molecule has 2 N–H and O–H groups in total. The first-order chi connectivity index (χ1) is 13.1. The molecule has 3 rings (SSSR count). The average Bonchev–Trinajstić information content (AvgIpc) is 3.43. The summed E-state index contributed by atoms with van der Waals surface area (Å²) in [5, 5.41) is 2.27. The summed E-state index contributed by atoms with van der Waals surface area (Å²) < 4.78 is 9.31. The first-order valence-electron chi connectivity index (χ1n) is 9.45. The molecule has 1 saturated heterocycles. The van der Waals surface area contributed by atoms with Gasteiger partial charge in [0, 0.05) is 18.3 Å². The molecule has 1 heterocycles. The molecule has 1 atom stereocenters. The number of carbonyl (C=O) groups is 2. The molecule has 0 spiro atoms. The van der Waals surface area contributed by atoms with Gasteiger partial charge >= 0.3 is 6.03 Å². The van der Waals surface area contributed by atoms with Crippen LogP contribution in [0, 0.1) is 5.92 Å². The molecule has 1 unspecified atom stereocenters. The van der Waals surface area contributed by atoms with Gasteiger partial charge in [0.25, 0.3) is 0 Å². The molecule has 0 bridgehead atoms. The standard InChI is InChI=1S/C20H27N3O3S/c1-15(17-6-5-7-18(12-17)26-14-16-8-9-16)22-27-11-4-2-3-10-23-13-19(24)21-20(23)25/h2-3,5-7,12,15-16,22H,4,8-11,13-14H2,1H3,(H,21,24,25)/b3-2+. The summed E-state index contributed by atoms with van der Waals surface area (Å²) in [6.07, 6.45) is 7.47. The third-order valence-electron chi connectivity index (χ3n) is 4.55. The minimum Gasteiger partial charge on any atom is -0.493 e. The molecule has 1 aromatic carbocycles. The van der Waals surface area contributed by atoms with Crippen molar-refractivity contribution in [2.24, 2.45) is 5.92 Å². The van der Waals surface area contributed by atoms with E-state index in [2.05, 4.69) is 29.1 Å². The Hall–Kier alpha value is -1.99. The number of carbonyl (C=O) groups excluding carboxylic acids is 2. The summed E-state index contributed by atoms with van der Waals surface area (Å²) in [7, 11) is 0. The second-order valence-electron chi connectivity index (χ2n) is 7.01. The normalized spacial score (nSPS) is 18.2. The maximum atomic E-state index is 11.4. The van der Waals surface area contributed by atoms with Gasteiger partial charge in [-0.15, -0.1) is 0 Å². The fourth-order valence-electron chi connectivity index (χ4n) is 2.70. The van der Waals surface area contributed by atoms with Crippen molar-refractivity contribution in [1.82, 2.24) is 14.9 Å².